The number of benzene rings is 2. The molecule has 4 nitrogen and oxygen atoms in total. The normalized spacial score (nSPS) is 18.1. The van der Waals surface area contributed by atoms with Crippen molar-refractivity contribution in [3.8, 4) is 0 Å². The predicted molar refractivity (Wildman–Crippen MR) is 105 cm³/mol. The summed E-state index contributed by atoms with van der Waals surface area (Å²) in [6.07, 6.45) is 4.90. The number of carbonyl (C=O) groups is 1. The Morgan fingerprint density at radius 3 is 2.73 bits per heavy atom. The van der Waals surface area contributed by atoms with Gasteiger partial charge >= 0.3 is 0 Å². The zero-order valence-corrected chi connectivity index (χ0v) is 14.9. The Hall–Kier alpha value is -2.59. The van der Waals surface area contributed by atoms with E-state index < -0.39 is 0 Å². The number of rotatable bonds is 6. The standard InChI is InChI=1S/C22H25N3O/c26-22(13-17-9-6-12-23-17)25-14-19(16-7-2-1-3-8-16)20-15-24-21-11-5-4-10-18(20)21/h1-5,7-8,10-11,15,17,19,23-24H,6,9,12-14H2,(H,25,26). The van der Waals surface area contributed by atoms with Gasteiger partial charge in [0, 0.05) is 42.0 Å². The number of nitrogens with one attached hydrogen (secondary N) is 3. The minimum absolute atomic E-state index is 0.130. The van der Waals surface area contributed by atoms with Crippen molar-refractivity contribution < 1.29 is 4.79 Å². The van der Waals surface area contributed by atoms with Crippen molar-refractivity contribution in [2.75, 3.05) is 13.1 Å². The Kier molecular flexibility index (Phi) is 5.02. The van der Waals surface area contributed by atoms with Crippen molar-refractivity contribution >= 4 is 16.8 Å². The molecule has 0 aliphatic carbocycles. The van der Waals surface area contributed by atoms with Crippen molar-refractivity contribution in [1.29, 1.82) is 0 Å². The van der Waals surface area contributed by atoms with Crippen molar-refractivity contribution in [3.05, 3.63) is 71.9 Å². The van der Waals surface area contributed by atoms with Crippen LogP contribution in [0.5, 0.6) is 0 Å². The highest BCUT2D eigenvalue weighted by Gasteiger charge is 2.21. The number of fused-ring (bicyclic) bond motifs is 1. The minimum Gasteiger partial charge on any atom is -0.361 e. The molecule has 1 aliphatic heterocycles. The van der Waals surface area contributed by atoms with Gasteiger partial charge in [-0.15, -0.1) is 0 Å². The highest BCUT2D eigenvalue weighted by atomic mass is 16.1. The molecular formula is C22H25N3O. The second-order valence-corrected chi connectivity index (χ2v) is 7.05. The predicted octanol–water partition coefficient (Wildman–Crippen LogP) is 3.56. The molecule has 3 N–H and O–H groups in total. The Bertz CT molecular complexity index is 865. The first-order valence-electron chi connectivity index (χ1n) is 9.42. The quantitative estimate of drug-likeness (QED) is 0.639. The van der Waals surface area contributed by atoms with Crippen LogP contribution in [0.2, 0.25) is 0 Å². The Labute approximate surface area is 154 Å². The molecule has 0 saturated carbocycles. The first-order chi connectivity index (χ1) is 12.8. The van der Waals surface area contributed by atoms with Gasteiger partial charge in [0.2, 0.25) is 5.91 Å². The lowest BCUT2D eigenvalue weighted by molar-refractivity contribution is -0.121. The highest BCUT2D eigenvalue weighted by Crippen LogP contribution is 2.30. The molecule has 1 amide bonds. The topological polar surface area (TPSA) is 56.9 Å². The molecule has 2 unspecified atom stereocenters. The number of hydrogen-bond acceptors (Lipinski definition) is 2. The maximum atomic E-state index is 12.4. The summed E-state index contributed by atoms with van der Waals surface area (Å²) in [7, 11) is 0. The summed E-state index contributed by atoms with van der Waals surface area (Å²) in [5.74, 6) is 0.262. The van der Waals surface area contributed by atoms with Gasteiger partial charge in [-0.05, 0) is 36.6 Å². The molecule has 0 radical (unpaired) electrons. The average molecular weight is 347 g/mol. The van der Waals surface area contributed by atoms with Crippen LogP contribution in [0.25, 0.3) is 10.9 Å². The molecule has 4 heteroatoms. The van der Waals surface area contributed by atoms with Crippen LogP contribution >= 0.6 is 0 Å². The lowest BCUT2D eigenvalue weighted by Crippen LogP contribution is -2.34. The SMILES string of the molecule is O=C(CC1CCCN1)NCC(c1ccccc1)c1c[nH]c2ccccc12. The van der Waals surface area contributed by atoms with E-state index in [1.165, 1.54) is 22.9 Å². The first-order valence-corrected chi connectivity index (χ1v) is 9.42. The molecule has 0 bridgehead atoms. The maximum Gasteiger partial charge on any atom is 0.221 e. The minimum atomic E-state index is 0.130. The van der Waals surface area contributed by atoms with Crippen molar-refractivity contribution in [1.82, 2.24) is 15.6 Å². The number of aromatic amines is 1. The molecule has 134 valence electrons. The monoisotopic (exact) mass is 347 g/mol. The summed E-state index contributed by atoms with van der Waals surface area (Å²) >= 11 is 0. The van der Waals surface area contributed by atoms with Gasteiger partial charge in [-0.1, -0.05) is 48.5 Å². The number of aromatic nitrogens is 1. The summed E-state index contributed by atoms with van der Waals surface area (Å²) in [5, 5.41) is 7.78. The third-order valence-corrected chi connectivity index (χ3v) is 5.30. The fraction of sp³-hybridized carbons (Fsp3) is 0.318. The van der Waals surface area contributed by atoms with E-state index in [0.29, 0.717) is 19.0 Å². The van der Waals surface area contributed by atoms with E-state index in [2.05, 4.69) is 64.3 Å². The third kappa shape index (κ3) is 3.65. The molecule has 2 heterocycles. The van der Waals surface area contributed by atoms with Crippen molar-refractivity contribution in [2.45, 2.75) is 31.2 Å². The smallest absolute Gasteiger partial charge is 0.221 e. The van der Waals surface area contributed by atoms with Crippen LogP contribution in [-0.2, 0) is 4.79 Å². The van der Waals surface area contributed by atoms with Gasteiger partial charge in [0.15, 0.2) is 0 Å². The van der Waals surface area contributed by atoms with Gasteiger partial charge in [0.25, 0.3) is 0 Å². The van der Waals surface area contributed by atoms with E-state index in [1.807, 2.05) is 12.1 Å². The summed E-state index contributed by atoms with van der Waals surface area (Å²) in [5.41, 5.74) is 3.58. The molecule has 1 aliphatic rings. The summed E-state index contributed by atoms with van der Waals surface area (Å²) in [6.45, 7) is 1.64. The van der Waals surface area contributed by atoms with E-state index in [0.717, 1.165) is 18.5 Å². The van der Waals surface area contributed by atoms with E-state index in [4.69, 9.17) is 0 Å². The van der Waals surface area contributed by atoms with Crippen molar-refractivity contribution in [2.24, 2.45) is 0 Å². The number of hydrogen-bond donors (Lipinski definition) is 3. The molecule has 1 saturated heterocycles. The average Bonchev–Trinajstić information content (AvgIpc) is 3.33. The van der Waals surface area contributed by atoms with Crippen LogP contribution in [0.1, 0.15) is 36.3 Å². The summed E-state index contributed by atoms with van der Waals surface area (Å²) in [6, 6.07) is 19.1. The summed E-state index contributed by atoms with van der Waals surface area (Å²) < 4.78 is 0. The van der Waals surface area contributed by atoms with E-state index in [1.54, 1.807) is 0 Å². The molecule has 0 spiro atoms. The van der Waals surface area contributed by atoms with Crippen LogP contribution in [0.15, 0.2) is 60.8 Å². The second-order valence-electron chi connectivity index (χ2n) is 7.05. The molecule has 1 aromatic heterocycles. The van der Waals surface area contributed by atoms with Gasteiger partial charge in [-0.25, -0.2) is 0 Å². The second kappa shape index (κ2) is 7.75. The molecular weight excluding hydrogens is 322 g/mol. The van der Waals surface area contributed by atoms with Crippen LogP contribution in [0.3, 0.4) is 0 Å². The molecule has 2 aromatic carbocycles. The van der Waals surface area contributed by atoms with Gasteiger partial charge in [0.1, 0.15) is 0 Å². The van der Waals surface area contributed by atoms with E-state index >= 15 is 0 Å². The van der Waals surface area contributed by atoms with Crippen LogP contribution in [0, 0.1) is 0 Å². The largest absolute Gasteiger partial charge is 0.361 e. The van der Waals surface area contributed by atoms with Gasteiger partial charge in [-0.3, -0.25) is 4.79 Å². The Morgan fingerprint density at radius 1 is 1.12 bits per heavy atom. The molecule has 3 aromatic rings. The first kappa shape index (κ1) is 16.9. The summed E-state index contributed by atoms with van der Waals surface area (Å²) in [4.78, 5) is 15.8. The third-order valence-electron chi connectivity index (χ3n) is 5.30. The number of carbonyl (C=O) groups excluding carboxylic acids is 1. The zero-order chi connectivity index (χ0) is 17.8. The van der Waals surface area contributed by atoms with E-state index in [-0.39, 0.29) is 11.8 Å². The Balaban J connectivity index is 1.55. The Morgan fingerprint density at radius 2 is 1.92 bits per heavy atom. The molecule has 4 rings (SSSR count). The van der Waals surface area contributed by atoms with Crippen molar-refractivity contribution in [3.63, 3.8) is 0 Å². The number of amides is 1. The molecule has 2 atom stereocenters. The van der Waals surface area contributed by atoms with Crippen LogP contribution in [0.4, 0.5) is 0 Å². The maximum absolute atomic E-state index is 12.4. The lowest BCUT2D eigenvalue weighted by atomic mass is 9.91. The number of para-hydroxylation sites is 1. The van der Waals surface area contributed by atoms with Crippen LogP contribution < -0.4 is 10.6 Å². The fourth-order valence-corrected chi connectivity index (χ4v) is 3.92. The van der Waals surface area contributed by atoms with Gasteiger partial charge in [-0.2, -0.15) is 0 Å². The highest BCUT2D eigenvalue weighted by molar-refractivity contribution is 5.84. The molecule has 1 fully saturated rings. The van der Waals surface area contributed by atoms with Gasteiger partial charge in [0.05, 0.1) is 0 Å². The van der Waals surface area contributed by atoms with E-state index in [9.17, 15) is 4.79 Å². The molecule has 26 heavy (non-hydrogen) atoms. The number of H-pyrrole nitrogens is 1. The zero-order valence-electron chi connectivity index (χ0n) is 14.9. The van der Waals surface area contributed by atoms with Crippen LogP contribution in [-0.4, -0.2) is 30.0 Å². The van der Waals surface area contributed by atoms with Gasteiger partial charge < -0.3 is 15.6 Å². The lowest BCUT2D eigenvalue weighted by Gasteiger charge is -2.19. The fourth-order valence-electron chi connectivity index (χ4n) is 3.92.